The molecule has 4 heteroatoms. The zero-order valence-electron chi connectivity index (χ0n) is 6.88. The number of rotatable bonds is 0. The van der Waals surface area contributed by atoms with Crippen LogP contribution in [0.25, 0.3) is 11.0 Å². The van der Waals surface area contributed by atoms with Crippen LogP contribution in [0.2, 0.25) is 5.15 Å². The first kappa shape index (κ1) is 9.15. The molecule has 2 rings (SSSR count). The highest BCUT2D eigenvalue weighted by atomic mass is 127. The lowest BCUT2D eigenvalue weighted by Gasteiger charge is -2.01. The minimum atomic E-state index is 0.483. The normalized spacial score (nSPS) is 10.7. The first-order valence-corrected chi connectivity index (χ1v) is 5.22. The predicted octanol–water partition coefficient (Wildman–Crippen LogP) is 3.20. The summed E-state index contributed by atoms with van der Waals surface area (Å²) in [6.07, 6.45) is 0. The Kier molecular flexibility index (Phi) is 2.38. The molecule has 0 aliphatic rings. The highest BCUT2D eigenvalue weighted by Gasteiger charge is 2.04. The van der Waals surface area contributed by atoms with E-state index >= 15 is 0 Å². The van der Waals surface area contributed by atoms with Crippen LogP contribution in [0.4, 0.5) is 0 Å². The zero-order valence-corrected chi connectivity index (χ0v) is 9.80. The van der Waals surface area contributed by atoms with Gasteiger partial charge in [-0.15, -0.1) is 0 Å². The van der Waals surface area contributed by atoms with Crippen LogP contribution < -0.4 is 0 Å². The summed E-state index contributed by atoms with van der Waals surface area (Å²) in [5.74, 6) is 0. The van der Waals surface area contributed by atoms with Crippen LogP contribution in [-0.4, -0.2) is 9.97 Å². The van der Waals surface area contributed by atoms with Gasteiger partial charge in [0.15, 0.2) is 5.15 Å². The summed E-state index contributed by atoms with van der Waals surface area (Å²) in [6.45, 7) is 1.86. The summed E-state index contributed by atoms with van der Waals surface area (Å²) in [5, 5.41) is 0.483. The molecule has 2 aromatic rings. The summed E-state index contributed by atoms with van der Waals surface area (Å²) in [7, 11) is 0. The standard InChI is InChI=1S/C9H6ClIN2/c1-5-9(10)13-8-6(11)3-2-4-7(8)12-5/h2-4H,1H3. The molecule has 0 unspecified atom stereocenters. The van der Waals surface area contributed by atoms with Gasteiger partial charge in [-0.2, -0.15) is 0 Å². The lowest BCUT2D eigenvalue weighted by molar-refractivity contribution is 1.18. The monoisotopic (exact) mass is 304 g/mol. The lowest BCUT2D eigenvalue weighted by Crippen LogP contribution is -1.91. The third-order valence-electron chi connectivity index (χ3n) is 1.76. The van der Waals surface area contributed by atoms with E-state index < -0.39 is 0 Å². The van der Waals surface area contributed by atoms with Gasteiger partial charge < -0.3 is 0 Å². The van der Waals surface area contributed by atoms with Crippen LogP contribution in [0.5, 0.6) is 0 Å². The summed E-state index contributed by atoms with van der Waals surface area (Å²) in [6, 6.07) is 5.89. The number of benzene rings is 1. The van der Waals surface area contributed by atoms with Gasteiger partial charge in [0.2, 0.25) is 0 Å². The number of fused-ring (bicyclic) bond motifs is 1. The van der Waals surface area contributed by atoms with Crippen molar-refractivity contribution in [3.63, 3.8) is 0 Å². The fraction of sp³-hybridized carbons (Fsp3) is 0.111. The van der Waals surface area contributed by atoms with Crippen molar-refractivity contribution in [2.45, 2.75) is 6.92 Å². The molecular weight excluding hydrogens is 298 g/mol. The molecule has 0 radical (unpaired) electrons. The molecule has 66 valence electrons. The lowest BCUT2D eigenvalue weighted by atomic mass is 10.3. The van der Waals surface area contributed by atoms with Crippen molar-refractivity contribution in [1.82, 2.24) is 9.97 Å². The topological polar surface area (TPSA) is 25.8 Å². The molecule has 0 bridgehead atoms. The fourth-order valence-electron chi connectivity index (χ4n) is 1.11. The van der Waals surface area contributed by atoms with Crippen LogP contribution in [0.1, 0.15) is 5.69 Å². The van der Waals surface area contributed by atoms with E-state index in [0.717, 1.165) is 20.3 Å². The molecule has 0 saturated carbocycles. The fourth-order valence-corrected chi connectivity index (χ4v) is 1.84. The second-order valence-corrected chi connectivity index (χ2v) is 4.23. The van der Waals surface area contributed by atoms with Crippen LogP contribution in [0, 0.1) is 10.5 Å². The van der Waals surface area contributed by atoms with Crippen molar-refractivity contribution in [3.05, 3.63) is 32.6 Å². The van der Waals surface area contributed by atoms with Crippen LogP contribution in [0.15, 0.2) is 18.2 Å². The highest BCUT2D eigenvalue weighted by Crippen LogP contribution is 2.20. The van der Waals surface area contributed by atoms with E-state index in [-0.39, 0.29) is 0 Å². The Morgan fingerprint density at radius 3 is 2.85 bits per heavy atom. The third-order valence-corrected chi connectivity index (χ3v) is 2.99. The molecule has 0 saturated heterocycles. The Morgan fingerprint density at radius 2 is 2.08 bits per heavy atom. The van der Waals surface area contributed by atoms with E-state index in [1.54, 1.807) is 0 Å². The van der Waals surface area contributed by atoms with Crippen LogP contribution >= 0.6 is 34.2 Å². The molecule has 0 aliphatic heterocycles. The average Bonchev–Trinajstić information content (AvgIpc) is 2.09. The van der Waals surface area contributed by atoms with E-state index in [9.17, 15) is 0 Å². The largest absolute Gasteiger partial charge is 0.248 e. The zero-order chi connectivity index (χ0) is 9.42. The van der Waals surface area contributed by atoms with E-state index in [1.165, 1.54) is 0 Å². The molecule has 1 heterocycles. The maximum absolute atomic E-state index is 5.88. The molecular formula is C9H6ClIN2. The van der Waals surface area contributed by atoms with Gasteiger partial charge in [0.05, 0.1) is 11.2 Å². The van der Waals surface area contributed by atoms with E-state index in [4.69, 9.17) is 11.6 Å². The predicted molar refractivity (Wildman–Crippen MR) is 62.0 cm³/mol. The van der Waals surface area contributed by atoms with Gasteiger partial charge in [0.1, 0.15) is 5.52 Å². The maximum atomic E-state index is 5.88. The van der Waals surface area contributed by atoms with Crippen molar-refractivity contribution in [1.29, 1.82) is 0 Å². The van der Waals surface area contributed by atoms with Gasteiger partial charge in [-0.1, -0.05) is 17.7 Å². The van der Waals surface area contributed by atoms with Crippen LogP contribution in [-0.2, 0) is 0 Å². The smallest absolute Gasteiger partial charge is 0.151 e. The second-order valence-electron chi connectivity index (χ2n) is 2.71. The number of halogens is 2. The molecule has 2 nitrogen and oxygen atoms in total. The first-order valence-electron chi connectivity index (χ1n) is 3.77. The second kappa shape index (κ2) is 3.38. The van der Waals surface area contributed by atoms with Gasteiger partial charge in [-0.25, -0.2) is 9.97 Å². The molecule has 1 aromatic carbocycles. The molecule has 0 N–H and O–H groups in total. The number of para-hydroxylation sites is 1. The molecule has 0 amide bonds. The molecule has 13 heavy (non-hydrogen) atoms. The van der Waals surface area contributed by atoms with Gasteiger partial charge >= 0.3 is 0 Å². The molecule has 0 aliphatic carbocycles. The Bertz CT molecular complexity index is 470. The number of hydrogen-bond donors (Lipinski definition) is 0. The summed E-state index contributed by atoms with van der Waals surface area (Å²) in [4.78, 5) is 8.61. The number of aromatic nitrogens is 2. The number of hydrogen-bond acceptors (Lipinski definition) is 2. The Hall–Kier alpha value is -0.420. The molecule has 0 fully saturated rings. The number of aryl methyl sites for hydroxylation is 1. The SMILES string of the molecule is Cc1nc2cccc(I)c2nc1Cl. The van der Waals surface area contributed by atoms with Crippen molar-refractivity contribution in [2.75, 3.05) is 0 Å². The molecule has 0 atom stereocenters. The first-order chi connectivity index (χ1) is 6.18. The van der Waals surface area contributed by atoms with Crippen molar-refractivity contribution >= 4 is 45.2 Å². The summed E-state index contributed by atoms with van der Waals surface area (Å²) >= 11 is 8.11. The van der Waals surface area contributed by atoms with Gasteiger partial charge in [-0.05, 0) is 41.6 Å². The van der Waals surface area contributed by atoms with Crippen LogP contribution in [0.3, 0.4) is 0 Å². The minimum absolute atomic E-state index is 0.483. The van der Waals surface area contributed by atoms with Crippen molar-refractivity contribution in [3.8, 4) is 0 Å². The molecule has 1 aromatic heterocycles. The van der Waals surface area contributed by atoms with Gasteiger partial charge in [0.25, 0.3) is 0 Å². The van der Waals surface area contributed by atoms with Crippen molar-refractivity contribution in [2.24, 2.45) is 0 Å². The summed E-state index contributed by atoms with van der Waals surface area (Å²) < 4.78 is 1.07. The highest BCUT2D eigenvalue weighted by molar-refractivity contribution is 14.1. The van der Waals surface area contributed by atoms with E-state index in [1.807, 2.05) is 25.1 Å². The third kappa shape index (κ3) is 1.62. The Labute approximate surface area is 94.5 Å². The average molecular weight is 305 g/mol. The minimum Gasteiger partial charge on any atom is -0.248 e. The van der Waals surface area contributed by atoms with Crippen molar-refractivity contribution < 1.29 is 0 Å². The molecule has 0 spiro atoms. The quantitative estimate of drug-likeness (QED) is 0.699. The van der Waals surface area contributed by atoms with Gasteiger partial charge in [-0.3, -0.25) is 0 Å². The van der Waals surface area contributed by atoms with Gasteiger partial charge in [0, 0.05) is 3.57 Å². The Balaban J connectivity index is 2.89. The summed E-state index contributed by atoms with van der Waals surface area (Å²) in [5.41, 5.74) is 2.55. The maximum Gasteiger partial charge on any atom is 0.151 e. The number of nitrogens with zero attached hydrogens (tertiary/aromatic N) is 2. The van der Waals surface area contributed by atoms with E-state index in [0.29, 0.717) is 5.15 Å². The Morgan fingerprint density at radius 1 is 1.31 bits per heavy atom. The van der Waals surface area contributed by atoms with E-state index in [2.05, 4.69) is 32.6 Å².